The lowest BCUT2D eigenvalue weighted by Gasteiger charge is -2.25. The van der Waals surface area contributed by atoms with Crippen LogP contribution in [0.15, 0.2) is 0 Å². The van der Waals surface area contributed by atoms with Gasteiger partial charge in [0.15, 0.2) is 23.3 Å². The van der Waals surface area contributed by atoms with Gasteiger partial charge in [-0.1, -0.05) is 0 Å². The van der Waals surface area contributed by atoms with E-state index in [4.69, 9.17) is 5.73 Å². The summed E-state index contributed by atoms with van der Waals surface area (Å²) in [5.41, 5.74) is 2.83. The molecule has 0 spiro atoms. The largest absolute Gasteiger partial charge is 0.347 e. The fourth-order valence-corrected chi connectivity index (χ4v) is 1.60. The molecule has 0 aromatic heterocycles. The quantitative estimate of drug-likeness (QED) is 0.508. The molecule has 0 aliphatic heterocycles. The summed E-state index contributed by atoms with van der Waals surface area (Å²) in [6.07, 6.45) is 0.258. The molecule has 0 heterocycles. The van der Waals surface area contributed by atoms with Gasteiger partial charge in [0.2, 0.25) is 5.82 Å². The Hall–Kier alpha value is -1.70. The van der Waals surface area contributed by atoms with Gasteiger partial charge >= 0.3 is 0 Å². The van der Waals surface area contributed by atoms with Crippen LogP contribution in [0.3, 0.4) is 0 Å². The van der Waals surface area contributed by atoms with Gasteiger partial charge in [-0.05, 0) is 26.8 Å². The summed E-state index contributed by atoms with van der Waals surface area (Å²) in [4.78, 5) is 11.7. The van der Waals surface area contributed by atoms with Crippen molar-refractivity contribution in [2.45, 2.75) is 25.8 Å². The first-order chi connectivity index (χ1) is 9.12. The third-order valence-corrected chi connectivity index (χ3v) is 2.66. The van der Waals surface area contributed by atoms with E-state index in [0.717, 1.165) is 0 Å². The number of rotatable bonds is 4. The van der Waals surface area contributed by atoms with Crippen molar-refractivity contribution >= 4 is 5.91 Å². The molecule has 112 valence electrons. The molecule has 0 aliphatic rings. The highest BCUT2D eigenvalue weighted by Gasteiger charge is 2.31. The molecule has 1 aromatic rings. The lowest BCUT2D eigenvalue weighted by molar-refractivity contribution is 0.0898. The minimum Gasteiger partial charge on any atom is -0.347 e. The van der Waals surface area contributed by atoms with Crippen LogP contribution in [-0.2, 0) is 0 Å². The van der Waals surface area contributed by atoms with Crippen molar-refractivity contribution in [3.63, 3.8) is 0 Å². The highest BCUT2D eigenvalue weighted by molar-refractivity contribution is 5.95. The number of amides is 1. The maximum Gasteiger partial charge on any atom is 0.257 e. The molecule has 1 amide bonds. The predicted octanol–water partition coefficient (Wildman–Crippen LogP) is 2.24. The second-order valence-corrected chi connectivity index (χ2v) is 4.82. The fraction of sp³-hybridized carbons (Fsp3) is 0.417. The van der Waals surface area contributed by atoms with Crippen LogP contribution >= 0.6 is 0 Å². The van der Waals surface area contributed by atoms with Crippen LogP contribution in [0.4, 0.5) is 22.0 Å². The van der Waals surface area contributed by atoms with Crippen LogP contribution in [0.25, 0.3) is 0 Å². The molecule has 0 fully saturated rings. The van der Waals surface area contributed by atoms with E-state index < -0.39 is 46.1 Å². The van der Waals surface area contributed by atoms with E-state index in [2.05, 4.69) is 5.32 Å². The maximum atomic E-state index is 13.4. The summed E-state index contributed by atoms with van der Waals surface area (Å²) in [5.74, 6) is -12.4. The molecule has 8 heteroatoms. The first-order valence-electron chi connectivity index (χ1n) is 5.66. The van der Waals surface area contributed by atoms with Crippen molar-refractivity contribution in [1.29, 1.82) is 0 Å². The number of halogens is 5. The first-order valence-corrected chi connectivity index (χ1v) is 5.66. The Morgan fingerprint density at radius 1 is 1.00 bits per heavy atom. The highest BCUT2D eigenvalue weighted by atomic mass is 19.2. The summed E-state index contributed by atoms with van der Waals surface area (Å²) >= 11 is 0. The molecule has 0 saturated carbocycles. The van der Waals surface area contributed by atoms with Gasteiger partial charge in [0.25, 0.3) is 5.91 Å². The molecule has 3 N–H and O–H groups in total. The van der Waals surface area contributed by atoms with Crippen molar-refractivity contribution < 1.29 is 26.7 Å². The summed E-state index contributed by atoms with van der Waals surface area (Å²) in [7, 11) is 0. The molecule has 1 aromatic carbocycles. The van der Waals surface area contributed by atoms with E-state index in [9.17, 15) is 26.7 Å². The normalized spacial score (nSPS) is 11.6. The van der Waals surface area contributed by atoms with Crippen LogP contribution in [0, 0.1) is 29.1 Å². The van der Waals surface area contributed by atoms with Crippen molar-refractivity contribution in [1.82, 2.24) is 5.32 Å². The van der Waals surface area contributed by atoms with Gasteiger partial charge < -0.3 is 11.1 Å². The van der Waals surface area contributed by atoms with Gasteiger partial charge in [0.1, 0.15) is 5.56 Å². The number of nitrogens with two attached hydrogens (primary N) is 1. The zero-order valence-corrected chi connectivity index (χ0v) is 10.8. The van der Waals surface area contributed by atoms with Gasteiger partial charge in [0.05, 0.1) is 0 Å². The van der Waals surface area contributed by atoms with E-state index in [1.54, 1.807) is 0 Å². The van der Waals surface area contributed by atoms with Gasteiger partial charge in [-0.15, -0.1) is 0 Å². The van der Waals surface area contributed by atoms with Gasteiger partial charge in [0, 0.05) is 5.54 Å². The summed E-state index contributed by atoms with van der Waals surface area (Å²) in [5, 5.41) is 2.17. The molecule has 0 atom stereocenters. The van der Waals surface area contributed by atoms with Gasteiger partial charge in [-0.25, -0.2) is 22.0 Å². The smallest absolute Gasteiger partial charge is 0.257 e. The molecule has 0 aliphatic carbocycles. The molecular weight excluding hydrogens is 283 g/mol. The Kier molecular flexibility index (Phi) is 4.69. The van der Waals surface area contributed by atoms with Crippen molar-refractivity contribution in [3.8, 4) is 0 Å². The van der Waals surface area contributed by atoms with E-state index in [1.807, 2.05) is 0 Å². The third kappa shape index (κ3) is 3.06. The third-order valence-electron chi connectivity index (χ3n) is 2.66. The monoisotopic (exact) mass is 296 g/mol. The maximum absolute atomic E-state index is 13.4. The topological polar surface area (TPSA) is 55.1 Å². The second kappa shape index (κ2) is 5.74. The van der Waals surface area contributed by atoms with Crippen LogP contribution < -0.4 is 11.1 Å². The van der Waals surface area contributed by atoms with Crippen molar-refractivity contribution in [3.05, 3.63) is 34.6 Å². The van der Waals surface area contributed by atoms with Crippen molar-refractivity contribution in [2.24, 2.45) is 5.73 Å². The minimum absolute atomic E-state index is 0.171. The number of carbonyl (C=O) groups excluding carboxylic acids is 1. The Morgan fingerprint density at radius 3 is 1.80 bits per heavy atom. The van der Waals surface area contributed by atoms with Crippen LogP contribution in [0.2, 0.25) is 0 Å². The average Bonchev–Trinajstić information content (AvgIpc) is 2.33. The van der Waals surface area contributed by atoms with Crippen molar-refractivity contribution in [2.75, 3.05) is 6.54 Å². The Morgan fingerprint density at radius 2 is 1.40 bits per heavy atom. The van der Waals surface area contributed by atoms with E-state index in [1.165, 1.54) is 13.8 Å². The van der Waals surface area contributed by atoms with Gasteiger partial charge in [-0.3, -0.25) is 4.79 Å². The molecule has 0 unspecified atom stereocenters. The number of carbonyl (C=O) groups is 1. The number of nitrogens with one attached hydrogen (secondary N) is 1. The zero-order valence-electron chi connectivity index (χ0n) is 10.8. The molecule has 0 saturated heterocycles. The Bertz CT molecular complexity index is 516. The predicted molar refractivity (Wildman–Crippen MR) is 61.4 cm³/mol. The van der Waals surface area contributed by atoms with E-state index in [-0.39, 0.29) is 13.0 Å². The highest BCUT2D eigenvalue weighted by Crippen LogP contribution is 2.23. The van der Waals surface area contributed by atoms with E-state index in [0.29, 0.717) is 0 Å². The molecule has 1 rings (SSSR count). The lowest BCUT2D eigenvalue weighted by atomic mass is 10.00. The summed E-state index contributed by atoms with van der Waals surface area (Å²) in [6, 6.07) is 0. The molecule has 20 heavy (non-hydrogen) atoms. The lowest BCUT2D eigenvalue weighted by Crippen LogP contribution is -2.45. The second-order valence-electron chi connectivity index (χ2n) is 4.82. The van der Waals surface area contributed by atoms with Crippen LogP contribution in [0.1, 0.15) is 30.6 Å². The fourth-order valence-electron chi connectivity index (χ4n) is 1.60. The van der Waals surface area contributed by atoms with E-state index >= 15 is 0 Å². The van der Waals surface area contributed by atoms with Crippen LogP contribution in [-0.4, -0.2) is 18.0 Å². The molecule has 0 radical (unpaired) electrons. The van der Waals surface area contributed by atoms with Crippen LogP contribution in [0.5, 0.6) is 0 Å². The first kappa shape index (κ1) is 16.4. The molecule has 0 bridgehead atoms. The number of benzene rings is 1. The standard InChI is InChI=1S/C12H13F5N2O/c1-12(2,3-4-18)19-11(20)5-6(13)8(15)10(17)9(16)7(5)14/h3-4,18H2,1-2H3,(H,19,20). The summed E-state index contributed by atoms with van der Waals surface area (Å²) < 4.78 is 65.6. The molecular formula is C12H13F5N2O. The molecule has 3 nitrogen and oxygen atoms in total. The SMILES string of the molecule is CC(C)(CCN)NC(=O)c1c(F)c(F)c(F)c(F)c1F. The Labute approximate surface area is 112 Å². The average molecular weight is 296 g/mol. The zero-order chi connectivity index (χ0) is 15.7. The minimum atomic E-state index is -2.31. The Balaban J connectivity index is 3.24. The number of hydrogen-bond acceptors (Lipinski definition) is 2. The number of hydrogen-bond donors (Lipinski definition) is 2. The van der Waals surface area contributed by atoms with Gasteiger partial charge in [-0.2, -0.15) is 0 Å². The summed E-state index contributed by atoms with van der Waals surface area (Å²) in [6.45, 7) is 3.18.